The van der Waals surface area contributed by atoms with Crippen molar-refractivity contribution >= 4 is 44.5 Å². The van der Waals surface area contributed by atoms with Crippen molar-refractivity contribution in [2.24, 2.45) is 0 Å². The molecule has 0 amide bonds. The van der Waals surface area contributed by atoms with Crippen LogP contribution < -0.4 is 15.4 Å². The predicted octanol–water partition coefficient (Wildman–Crippen LogP) is 4.98. The summed E-state index contributed by atoms with van der Waals surface area (Å²) >= 11 is 3.33. The number of fused-ring (bicyclic) bond motifs is 1. The molecule has 2 saturated carbocycles. The Kier molecular flexibility index (Phi) is 5.85. The van der Waals surface area contributed by atoms with Crippen molar-refractivity contribution in [3.63, 3.8) is 0 Å². The van der Waals surface area contributed by atoms with Crippen LogP contribution in [0.2, 0.25) is 0 Å². The van der Waals surface area contributed by atoms with Crippen LogP contribution in [0.15, 0.2) is 29.0 Å². The van der Waals surface area contributed by atoms with E-state index in [0.29, 0.717) is 33.5 Å². The van der Waals surface area contributed by atoms with E-state index < -0.39 is 6.61 Å². The van der Waals surface area contributed by atoms with Gasteiger partial charge in [0, 0.05) is 28.3 Å². The number of halogens is 3. The fraction of sp³-hybridized carbons (Fsp3) is 0.476. The number of anilines is 3. The SMILES string of the molecule is OC1CCC(Nc2nc(Nc3cc(Br)cc(OC(F)F)c3)c3ncn(C4CC4)c3n2)CC1. The minimum atomic E-state index is -2.91. The highest BCUT2D eigenvalue weighted by molar-refractivity contribution is 9.10. The number of hydrogen-bond acceptors (Lipinski definition) is 7. The zero-order valence-corrected chi connectivity index (χ0v) is 18.7. The molecule has 8 nitrogen and oxygen atoms in total. The summed E-state index contributed by atoms with van der Waals surface area (Å²) in [4.78, 5) is 13.9. The quantitative estimate of drug-likeness (QED) is 0.413. The number of nitrogens with one attached hydrogen (secondary N) is 2. The van der Waals surface area contributed by atoms with Crippen molar-refractivity contribution in [1.29, 1.82) is 0 Å². The molecule has 3 N–H and O–H groups in total. The Bertz CT molecular complexity index is 1120. The molecular weight excluding hydrogens is 486 g/mol. The van der Waals surface area contributed by atoms with E-state index in [9.17, 15) is 13.9 Å². The molecule has 0 radical (unpaired) electrons. The second kappa shape index (κ2) is 8.78. The van der Waals surface area contributed by atoms with Gasteiger partial charge in [0.2, 0.25) is 5.95 Å². The number of ether oxygens (including phenoxy) is 1. The van der Waals surface area contributed by atoms with Crippen molar-refractivity contribution in [1.82, 2.24) is 19.5 Å². The summed E-state index contributed by atoms with van der Waals surface area (Å²) in [6, 6.07) is 5.27. The van der Waals surface area contributed by atoms with E-state index in [2.05, 4.69) is 45.8 Å². The molecule has 2 aliphatic carbocycles. The van der Waals surface area contributed by atoms with Gasteiger partial charge >= 0.3 is 6.61 Å². The lowest BCUT2D eigenvalue weighted by molar-refractivity contribution is -0.0498. The molecule has 2 heterocycles. The molecule has 0 saturated heterocycles. The van der Waals surface area contributed by atoms with Gasteiger partial charge in [-0.3, -0.25) is 0 Å². The van der Waals surface area contributed by atoms with E-state index in [1.54, 1.807) is 12.4 Å². The van der Waals surface area contributed by atoms with Crippen LogP contribution in [0.25, 0.3) is 11.2 Å². The topological polar surface area (TPSA) is 97.1 Å². The third-order valence-electron chi connectivity index (χ3n) is 5.75. The number of aromatic nitrogens is 4. The second-order valence-electron chi connectivity index (χ2n) is 8.28. The van der Waals surface area contributed by atoms with Gasteiger partial charge in [-0.15, -0.1) is 0 Å². The Hall–Kier alpha value is -2.53. The average molecular weight is 509 g/mol. The van der Waals surface area contributed by atoms with E-state index in [0.717, 1.165) is 44.2 Å². The van der Waals surface area contributed by atoms with Crippen molar-refractivity contribution in [2.75, 3.05) is 10.6 Å². The number of hydrogen-bond donors (Lipinski definition) is 3. The molecule has 2 aliphatic rings. The van der Waals surface area contributed by atoms with E-state index >= 15 is 0 Å². The van der Waals surface area contributed by atoms with Crippen LogP contribution in [0, 0.1) is 0 Å². The normalized spacial score (nSPS) is 21.2. The van der Waals surface area contributed by atoms with Crippen LogP contribution in [0.4, 0.5) is 26.2 Å². The summed E-state index contributed by atoms with van der Waals surface area (Å²) in [6.45, 7) is -2.91. The minimum Gasteiger partial charge on any atom is -0.435 e. The third-order valence-corrected chi connectivity index (χ3v) is 6.21. The molecule has 0 aliphatic heterocycles. The van der Waals surface area contributed by atoms with Crippen LogP contribution in [0.5, 0.6) is 5.75 Å². The minimum absolute atomic E-state index is 0.0322. The van der Waals surface area contributed by atoms with E-state index in [-0.39, 0.29) is 17.9 Å². The standard InChI is InChI=1S/C21H23BrF2N6O2/c22-11-7-13(9-16(8-11)32-20(23)24)26-18-17-19(30(10-25-17)14-3-4-14)29-21(28-18)27-12-1-5-15(31)6-2-12/h7-10,12,14-15,20,31H,1-6H2,(H2,26,27,28,29). The zero-order chi connectivity index (χ0) is 22.2. The molecule has 0 atom stereocenters. The first kappa shape index (κ1) is 21.3. The maximum absolute atomic E-state index is 12.7. The van der Waals surface area contributed by atoms with Gasteiger partial charge in [0.25, 0.3) is 0 Å². The Morgan fingerprint density at radius 2 is 1.88 bits per heavy atom. The number of imidazole rings is 1. The summed E-state index contributed by atoms with van der Waals surface area (Å²) < 4.78 is 32.6. The summed E-state index contributed by atoms with van der Waals surface area (Å²) in [6.07, 6.45) is 6.87. The average Bonchev–Trinajstić information content (AvgIpc) is 3.48. The molecule has 3 aromatic rings. The first-order valence-corrected chi connectivity index (χ1v) is 11.5. The van der Waals surface area contributed by atoms with Crippen molar-refractivity contribution in [2.45, 2.75) is 63.3 Å². The number of rotatable bonds is 7. The van der Waals surface area contributed by atoms with E-state index in [1.165, 1.54) is 12.1 Å². The summed E-state index contributed by atoms with van der Waals surface area (Å²) in [5, 5.41) is 16.4. The largest absolute Gasteiger partial charge is 0.435 e. The fourth-order valence-electron chi connectivity index (χ4n) is 4.03. The maximum Gasteiger partial charge on any atom is 0.387 e. The van der Waals surface area contributed by atoms with Crippen LogP contribution in [-0.2, 0) is 0 Å². The zero-order valence-electron chi connectivity index (χ0n) is 17.1. The highest BCUT2D eigenvalue weighted by Gasteiger charge is 2.28. The summed E-state index contributed by atoms with van der Waals surface area (Å²) in [5.74, 6) is 0.987. The highest BCUT2D eigenvalue weighted by atomic mass is 79.9. The molecule has 1 aromatic carbocycles. The van der Waals surface area contributed by atoms with Crippen molar-refractivity contribution in [3.05, 3.63) is 29.0 Å². The molecular formula is C21H23BrF2N6O2. The Balaban J connectivity index is 1.48. The van der Waals surface area contributed by atoms with Crippen LogP contribution >= 0.6 is 15.9 Å². The Morgan fingerprint density at radius 3 is 2.59 bits per heavy atom. The molecule has 0 spiro atoms. The molecule has 5 rings (SSSR count). The van der Waals surface area contributed by atoms with Gasteiger partial charge in [-0.05, 0) is 50.7 Å². The van der Waals surface area contributed by atoms with E-state index in [1.807, 2.05) is 0 Å². The van der Waals surface area contributed by atoms with Gasteiger partial charge in [0.1, 0.15) is 5.75 Å². The first-order valence-electron chi connectivity index (χ1n) is 10.7. The van der Waals surface area contributed by atoms with Crippen LogP contribution in [-0.4, -0.2) is 43.4 Å². The summed E-state index contributed by atoms with van der Waals surface area (Å²) in [7, 11) is 0. The van der Waals surface area contributed by atoms with Gasteiger partial charge in [0.05, 0.1) is 12.4 Å². The molecule has 32 heavy (non-hydrogen) atoms. The molecule has 0 unspecified atom stereocenters. The number of benzene rings is 1. The monoisotopic (exact) mass is 508 g/mol. The predicted molar refractivity (Wildman–Crippen MR) is 120 cm³/mol. The van der Waals surface area contributed by atoms with Gasteiger partial charge < -0.3 is 25.0 Å². The maximum atomic E-state index is 12.7. The Morgan fingerprint density at radius 1 is 1.09 bits per heavy atom. The number of aliphatic hydroxyl groups excluding tert-OH is 1. The van der Waals surface area contributed by atoms with Crippen LogP contribution in [0.3, 0.4) is 0 Å². The number of nitrogens with zero attached hydrogens (tertiary/aromatic N) is 4. The van der Waals surface area contributed by atoms with Crippen molar-refractivity contribution < 1.29 is 18.6 Å². The van der Waals surface area contributed by atoms with Crippen molar-refractivity contribution in [3.8, 4) is 5.75 Å². The van der Waals surface area contributed by atoms with E-state index in [4.69, 9.17) is 4.98 Å². The van der Waals surface area contributed by atoms with Gasteiger partial charge in [-0.2, -0.15) is 18.7 Å². The third kappa shape index (κ3) is 4.78. The lowest BCUT2D eigenvalue weighted by Crippen LogP contribution is -2.29. The molecule has 2 aromatic heterocycles. The molecule has 11 heteroatoms. The Labute approximate surface area is 191 Å². The first-order chi connectivity index (χ1) is 15.4. The fourth-order valence-corrected chi connectivity index (χ4v) is 4.51. The number of aliphatic hydroxyl groups is 1. The molecule has 0 bridgehead atoms. The number of alkyl halides is 2. The lowest BCUT2D eigenvalue weighted by atomic mass is 9.93. The highest BCUT2D eigenvalue weighted by Crippen LogP contribution is 2.38. The second-order valence-corrected chi connectivity index (χ2v) is 9.20. The van der Waals surface area contributed by atoms with Gasteiger partial charge in [-0.25, -0.2) is 4.98 Å². The molecule has 170 valence electrons. The summed E-state index contributed by atoms with van der Waals surface area (Å²) in [5.41, 5.74) is 1.86. The smallest absolute Gasteiger partial charge is 0.387 e. The lowest BCUT2D eigenvalue weighted by Gasteiger charge is -2.26. The van der Waals surface area contributed by atoms with Crippen LogP contribution in [0.1, 0.15) is 44.6 Å². The van der Waals surface area contributed by atoms with Gasteiger partial charge in [-0.1, -0.05) is 15.9 Å². The molecule has 2 fully saturated rings. The van der Waals surface area contributed by atoms with Gasteiger partial charge in [0.15, 0.2) is 17.0 Å².